The molecule has 1 aliphatic rings. The lowest BCUT2D eigenvalue weighted by atomic mass is 9.97. The number of anilines is 1. The van der Waals surface area contributed by atoms with Gasteiger partial charge in [0.1, 0.15) is 12.4 Å². The van der Waals surface area contributed by atoms with Crippen molar-refractivity contribution in [2.45, 2.75) is 12.1 Å². The SMILES string of the molecule is CN1C(=O)COC(C(=O)Nc2cc(-c3ccncc3)[nH]n2)C1c1cccc(F)c1. The molecule has 148 valence electrons. The maximum atomic E-state index is 13.7. The fourth-order valence-electron chi connectivity index (χ4n) is 3.28. The molecule has 2 unspecified atom stereocenters. The second kappa shape index (κ2) is 7.80. The van der Waals surface area contributed by atoms with Crippen LogP contribution in [0.1, 0.15) is 11.6 Å². The number of halogens is 1. The molecule has 1 fully saturated rings. The first-order valence-corrected chi connectivity index (χ1v) is 8.92. The van der Waals surface area contributed by atoms with E-state index < -0.39 is 23.9 Å². The van der Waals surface area contributed by atoms with E-state index in [1.54, 1.807) is 31.6 Å². The van der Waals surface area contributed by atoms with Gasteiger partial charge in [-0.25, -0.2) is 4.39 Å². The molecule has 2 amide bonds. The number of ether oxygens (including phenoxy) is 1. The Morgan fingerprint density at radius 3 is 2.83 bits per heavy atom. The van der Waals surface area contributed by atoms with Crippen molar-refractivity contribution in [2.24, 2.45) is 0 Å². The highest BCUT2D eigenvalue weighted by molar-refractivity contribution is 5.95. The van der Waals surface area contributed by atoms with Gasteiger partial charge < -0.3 is 15.0 Å². The van der Waals surface area contributed by atoms with Gasteiger partial charge in [-0.05, 0) is 29.8 Å². The summed E-state index contributed by atoms with van der Waals surface area (Å²) in [5, 5.41) is 9.65. The van der Waals surface area contributed by atoms with Crippen LogP contribution in [0, 0.1) is 5.82 Å². The van der Waals surface area contributed by atoms with Gasteiger partial charge in [0, 0.05) is 31.1 Å². The van der Waals surface area contributed by atoms with Crippen LogP contribution in [0.25, 0.3) is 11.3 Å². The van der Waals surface area contributed by atoms with Crippen LogP contribution in [0.4, 0.5) is 10.2 Å². The number of hydrogen-bond donors (Lipinski definition) is 2. The lowest BCUT2D eigenvalue weighted by Crippen LogP contribution is -2.51. The average molecular weight is 395 g/mol. The van der Waals surface area contributed by atoms with E-state index in [4.69, 9.17) is 4.74 Å². The number of hydrogen-bond acceptors (Lipinski definition) is 5. The molecule has 1 aliphatic heterocycles. The first-order chi connectivity index (χ1) is 14.0. The summed E-state index contributed by atoms with van der Waals surface area (Å²) in [5.74, 6) is -0.917. The van der Waals surface area contributed by atoms with Gasteiger partial charge in [0.15, 0.2) is 11.9 Å². The molecule has 29 heavy (non-hydrogen) atoms. The van der Waals surface area contributed by atoms with Crippen molar-refractivity contribution < 1.29 is 18.7 Å². The number of amides is 2. The van der Waals surface area contributed by atoms with E-state index in [0.717, 1.165) is 5.56 Å². The van der Waals surface area contributed by atoms with Gasteiger partial charge in [-0.15, -0.1) is 0 Å². The predicted octanol–water partition coefficient (Wildman–Crippen LogP) is 2.15. The van der Waals surface area contributed by atoms with Gasteiger partial charge in [0.05, 0.1) is 11.7 Å². The number of carbonyl (C=O) groups is 2. The highest BCUT2D eigenvalue weighted by atomic mass is 19.1. The molecule has 3 aromatic rings. The van der Waals surface area contributed by atoms with Crippen molar-refractivity contribution in [1.29, 1.82) is 0 Å². The molecule has 0 radical (unpaired) electrons. The zero-order valence-corrected chi connectivity index (χ0v) is 15.5. The van der Waals surface area contributed by atoms with Crippen LogP contribution in [0.2, 0.25) is 0 Å². The third-order valence-corrected chi connectivity index (χ3v) is 4.75. The Hall–Kier alpha value is -3.59. The molecule has 2 aromatic heterocycles. The Morgan fingerprint density at radius 2 is 2.07 bits per heavy atom. The second-order valence-electron chi connectivity index (χ2n) is 6.63. The van der Waals surface area contributed by atoms with E-state index in [-0.39, 0.29) is 12.5 Å². The molecule has 1 aromatic carbocycles. The molecule has 9 heteroatoms. The molecule has 0 spiro atoms. The molecule has 8 nitrogen and oxygen atoms in total. The summed E-state index contributed by atoms with van der Waals surface area (Å²) in [6, 6.07) is 10.3. The monoisotopic (exact) mass is 395 g/mol. The molecule has 0 bridgehead atoms. The van der Waals surface area contributed by atoms with Crippen molar-refractivity contribution in [3.05, 3.63) is 66.2 Å². The van der Waals surface area contributed by atoms with Crippen LogP contribution in [0.15, 0.2) is 54.9 Å². The normalized spacial score (nSPS) is 19.2. The average Bonchev–Trinajstić information content (AvgIpc) is 3.19. The Bertz CT molecular complexity index is 1040. The highest BCUT2D eigenvalue weighted by Crippen LogP contribution is 2.30. The molecular weight excluding hydrogens is 377 g/mol. The van der Waals surface area contributed by atoms with Gasteiger partial charge in [-0.3, -0.25) is 19.7 Å². The summed E-state index contributed by atoms with van der Waals surface area (Å²) in [7, 11) is 1.57. The molecule has 1 saturated heterocycles. The predicted molar refractivity (Wildman–Crippen MR) is 102 cm³/mol. The zero-order valence-electron chi connectivity index (χ0n) is 15.5. The topological polar surface area (TPSA) is 100 Å². The molecule has 0 aliphatic carbocycles. The van der Waals surface area contributed by atoms with Crippen molar-refractivity contribution in [2.75, 3.05) is 19.0 Å². The van der Waals surface area contributed by atoms with Crippen molar-refractivity contribution in [1.82, 2.24) is 20.1 Å². The van der Waals surface area contributed by atoms with E-state index in [0.29, 0.717) is 17.1 Å². The van der Waals surface area contributed by atoms with Crippen LogP contribution in [-0.4, -0.2) is 51.7 Å². The third kappa shape index (κ3) is 3.85. The van der Waals surface area contributed by atoms with Gasteiger partial charge in [0.2, 0.25) is 5.91 Å². The molecular formula is C20H18FN5O3. The van der Waals surface area contributed by atoms with Gasteiger partial charge in [-0.2, -0.15) is 5.10 Å². The van der Waals surface area contributed by atoms with Gasteiger partial charge in [-0.1, -0.05) is 12.1 Å². The minimum Gasteiger partial charge on any atom is -0.356 e. The van der Waals surface area contributed by atoms with E-state index in [1.165, 1.54) is 23.1 Å². The summed E-state index contributed by atoms with van der Waals surface area (Å²) < 4.78 is 19.2. The number of H-pyrrole nitrogens is 1. The Labute approximate surface area is 165 Å². The standard InChI is InChI=1S/C20H18FN5O3/c1-26-17(27)11-29-19(18(26)13-3-2-4-14(21)9-13)20(28)23-16-10-15(24-25-16)12-5-7-22-8-6-12/h2-10,18-19H,11H2,1H3,(H2,23,24,25,28). The number of aromatic nitrogens is 3. The maximum absolute atomic E-state index is 13.7. The van der Waals surface area contributed by atoms with Crippen LogP contribution < -0.4 is 5.32 Å². The smallest absolute Gasteiger partial charge is 0.257 e. The van der Waals surface area contributed by atoms with Crippen molar-refractivity contribution in [3.8, 4) is 11.3 Å². The van der Waals surface area contributed by atoms with Crippen LogP contribution in [0.5, 0.6) is 0 Å². The fourth-order valence-corrected chi connectivity index (χ4v) is 3.28. The Balaban J connectivity index is 1.56. The number of likely N-dealkylation sites (N-methyl/N-ethyl adjacent to an activating group) is 1. The minimum atomic E-state index is -1.01. The number of morpholine rings is 1. The number of benzene rings is 1. The molecule has 2 N–H and O–H groups in total. The number of nitrogens with one attached hydrogen (secondary N) is 2. The van der Waals surface area contributed by atoms with Gasteiger partial charge in [0.25, 0.3) is 5.91 Å². The summed E-state index contributed by atoms with van der Waals surface area (Å²) in [6.07, 6.45) is 2.29. The van der Waals surface area contributed by atoms with Crippen LogP contribution in [0.3, 0.4) is 0 Å². The van der Waals surface area contributed by atoms with E-state index in [9.17, 15) is 14.0 Å². The first-order valence-electron chi connectivity index (χ1n) is 8.92. The lowest BCUT2D eigenvalue weighted by Gasteiger charge is -2.38. The summed E-state index contributed by atoms with van der Waals surface area (Å²) >= 11 is 0. The van der Waals surface area contributed by atoms with E-state index >= 15 is 0 Å². The first kappa shape index (κ1) is 18.8. The number of carbonyl (C=O) groups excluding carboxylic acids is 2. The van der Waals surface area contributed by atoms with E-state index in [2.05, 4.69) is 20.5 Å². The van der Waals surface area contributed by atoms with Crippen LogP contribution >= 0.6 is 0 Å². The zero-order chi connectivity index (χ0) is 20.4. The highest BCUT2D eigenvalue weighted by Gasteiger charge is 2.40. The Kier molecular flexibility index (Phi) is 5.05. The van der Waals surface area contributed by atoms with Crippen molar-refractivity contribution in [3.63, 3.8) is 0 Å². The maximum Gasteiger partial charge on any atom is 0.257 e. The second-order valence-corrected chi connectivity index (χ2v) is 6.63. The van der Waals surface area contributed by atoms with Crippen molar-refractivity contribution >= 4 is 17.6 Å². The number of nitrogens with zero attached hydrogens (tertiary/aromatic N) is 3. The number of pyridine rings is 1. The quantitative estimate of drug-likeness (QED) is 0.705. The molecule has 4 rings (SSSR count). The fraction of sp³-hybridized carbons (Fsp3) is 0.200. The summed E-state index contributed by atoms with van der Waals surface area (Å²) in [6.45, 7) is -0.233. The summed E-state index contributed by atoms with van der Waals surface area (Å²) in [4.78, 5) is 30.4. The lowest BCUT2D eigenvalue weighted by molar-refractivity contribution is -0.160. The molecule has 3 heterocycles. The third-order valence-electron chi connectivity index (χ3n) is 4.75. The van der Waals surface area contributed by atoms with Gasteiger partial charge >= 0.3 is 0 Å². The minimum absolute atomic E-state index is 0.233. The largest absolute Gasteiger partial charge is 0.356 e. The van der Waals surface area contributed by atoms with Crippen LogP contribution in [-0.2, 0) is 14.3 Å². The van der Waals surface area contributed by atoms with E-state index in [1.807, 2.05) is 12.1 Å². The molecule has 2 atom stereocenters. The molecule has 0 saturated carbocycles. The summed E-state index contributed by atoms with van der Waals surface area (Å²) in [5.41, 5.74) is 2.05. The Morgan fingerprint density at radius 1 is 1.28 bits per heavy atom. The number of aromatic amines is 1. The number of rotatable bonds is 4.